The SMILES string of the molecule is CCNC(C)c1ccc(Sc2ccccc2Cl)c(Br)c1. The number of hydrogen-bond donors (Lipinski definition) is 1. The van der Waals surface area contributed by atoms with Crippen molar-refractivity contribution in [3.63, 3.8) is 0 Å². The molecular formula is C16H17BrClNS. The van der Waals surface area contributed by atoms with Gasteiger partial charge in [0.25, 0.3) is 0 Å². The van der Waals surface area contributed by atoms with Crippen LogP contribution in [-0.4, -0.2) is 6.54 Å². The average molecular weight is 371 g/mol. The van der Waals surface area contributed by atoms with E-state index in [-0.39, 0.29) is 0 Å². The van der Waals surface area contributed by atoms with E-state index in [2.05, 4.69) is 53.3 Å². The summed E-state index contributed by atoms with van der Waals surface area (Å²) in [4.78, 5) is 2.24. The highest BCUT2D eigenvalue weighted by Gasteiger charge is 2.09. The van der Waals surface area contributed by atoms with Crippen LogP contribution in [0.15, 0.2) is 56.7 Å². The Morgan fingerprint density at radius 2 is 1.95 bits per heavy atom. The zero-order chi connectivity index (χ0) is 14.5. The lowest BCUT2D eigenvalue weighted by Gasteiger charge is -2.14. The van der Waals surface area contributed by atoms with Gasteiger partial charge >= 0.3 is 0 Å². The largest absolute Gasteiger partial charge is 0.310 e. The van der Waals surface area contributed by atoms with Gasteiger partial charge in [-0.3, -0.25) is 0 Å². The molecule has 0 heterocycles. The molecule has 2 rings (SSSR count). The van der Waals surface area contributed by atoms with Gasteiger partial charge in [0, 0.05) is 20.3 Å². The lowest BCUT2D eigenvalue weighted by Crippen LogP contribution is -2.17. The molecule has 0 saturated carbocycles. The molecule has 20 heavy (non-hydrogen) atoms. The van der Waals surface area contributed by atoms with E-state index in [1.165, 1.54) is 10.5 Å². The van der Waals surface area contributed by atoms with E-state index in [0.29, 0.717) is 6.04 Å². The Bertz CT molecular complexity index is 588. The van der Waals surface area contributed by atoms with Gasteiger partial charge in [-0.05, 0) is 59.2 Å². The monoisotopic (exact) mass is 369 g/mol. The third-order valence-electron chi connectivity index (χ3n) is 3.02. The van der Waals surface area contributed by atoms with E-state index in [4.69, 9.17) is 11.6 Å². The van der Waals surface area contributed by atoms with Crippen LogP contribution in [0.25, 0.3) is 0 Å². The van der Waals surface area contributed by atoms with Crippen LogP contribution in [0.5, 0.6) is 0 Å². The van der Waals surface area contributed by atoms with E-state index in [9.17, 15) is 0 Å². The first kappa shape index (κ1) is 15.9. The summed E-state index contributed by atoms with van der Waals surface area (Å²) in [6, 6.07) is 14.7. The number of benzene rings is 2. The summed E-state index contributed by atoms with van der Waals surface area (Å²) in [5, 5.41) is 4.21. The van der Waals surface area contributed by atoms with Crippen molar-refractivity contribution in [3.8, 4) is 0 Å². The lowest BCUT2D eigenvalue weighted by molar-refractivity contribution is 0.597. The topological polar surface area (TPSA) is 12.0 Å². The maximum atomic E-state index is 6.20. The zero-order valence-electron chi connectivity index (χ0n) is 11.5. The highest BCUT2D eigenvalue weighted by Crippen LogP contribution is 2.37. The van der Waals surface area contributed by atoms with Crippen LogP contribution in [0.1, 0.15) is 25.5 Å². The molecule has 2 aromatic carbocycles. The molecule has 0 bridgehead atoms. The first-order valence-electron chi connectivity index (χ1n) is 6.57. The fraction of sp³-hybridized carbons (Fsp3) is 0.250. The van der Waals surface area contributed by atoms with Crippen molar-refractivity contribution in [2.45, 2.75) is 29.7 Å². The fourth-order valence-corrected chi connectivity index (χ4v) is 3.67. The van der Waals surface area contributed by atoms with E-state index in [1.54, 1.807) is 11.8 Å². The van der Waals surface area contributed by atoms with Crippen molar-refractivity contribution >= 4 is 39.3 Å². The second-order valence-electron chi connectivity index (χ2n) is 4.50. The van der Waals surface area contributed by atoms with Crippen molar-refractivity contribution in [2.75, 3.05) is 6.54 Å². The molecule has 0 aliphatic heterocycles. The van der Waals surface area contributed by atoms with Gasteiger partial charge < -0.3 is 5.32 Å². The normalized spacial score (nSPS) is 12.4. The molecule has 1 nitrogen and oxygen atoms in total. The molecule has 0 amide bonds. The molecule has 0 aromatic heterocycles. The van der Waals surface area contributed by atoms with Gasteiger partial charge in [-0.1, -0.05) is 48.5 Å². The summed E-state index contributed by atoms with van der Waals surface area (Å²) in [6.45, 7) is 5.26. The van der Waals surface area contributed by atoms with E-state index in [1.807, 2.05) is 24.3 Å². The van der Waals surface area contributed by atoms with Crippen LogP contribution in [0.2, 0.25) is 5.02 Å². The van der Waals surface area contributed by atoms with Crippen LogP contribution in [0.4, 0.5) is 0 Å². The zero-order valence-corrected chi connectivity index (χ0v) is 14.6. The van der Waals surface area contributed by atoms with Crippen molar-refractivity contribution in [2.24, 2.45) is 0 Å². The Kier molecular flexibility index (Phi) is 5.97. The second-order valence-corrected chi connectivity index (χ2v) is 6.85. The molecule has 2 aromatic rings. The minimum Gasteiger partial charge on any atom is -0.310 e. The highest BCUT2D eigenvalue weighted by atomic mass is 79.9. The summed E-state index contributed by atoms with van der Waals surface area (Å²) in [5.74, 6) is 0. The first-order chi connectivity index (χ1) is 9.61. The minimum atomic E-state index is 0.357. The van der Waals surface area contributed by atoms with Crippen LogP contribution in [0, 0.1) is 0 Å². The fourth-order valence-electron chi connectivity index (χ4n) is 1.94. The Labute approximate surface area is 138 Å². The van der Waals surface area contributed by atoms with Crippen molar-refractivity contribution in [3.05, 3.63) is 57.5 Å². The van der Waals surface area contributed by atoms with Gasteiger partial charge in [-0.25, -0.2) is 0 Å². The number of halogens is 2. The van der Waals surface area contributed by atoms with Crippen LogP contribution in [0.3, 0.4) is 0 Å². The van der Waals surface area contributed by atoms with Crippen LogP contribution < -0.4 is 5.32 Å². The summed E-state index contributed by atoms with van der Waals surface area (Å²) in [5.41, 5.74) is 1.28. The van der Waals surface area contributed by atoms with Gasteiger partial charge in [0.1, 0.15) is 0 Å². The Balaban J connectivity index is 2.20. The molecule has 1 N–H and O–H groups in total. The third kappa shape index (κ3) is 4.01. The van der Waals surface area contributed by atoms with Crippen molar-refractivity contribution in [1.29, 1.82) is 0 Å². The molecule has 4 heteroatoms. The maximum Gasteiger partial charge on any atom is 0.0545 e. The van der Waals surface area contributed by atoms with E-state index >= 15 is 0 Å². The van der Waals surface area contributed by atoms with Gasteiger partial charge in [0.15, 0.2) is 0 Å². The summed E-state index contributed by atoms with van der Waals surface area (Å²) in [7, 11) is 0. The van der Waals surface area contributed by atoms with Gasteiger partial charge in [0.2, 0.25) is 0 Å². The summed E-state index contributed by atoms with van der Waals surface area (Å²) < 4.78 is 1.10. The quantitative estimate of drug-likeness (QED) is 0.700. The maximum absolute atomic E-state index is 6.20. The Morgan fingerprint density at radius 1 is 1.20 bits per heavy atom. The van der Waals surface area contributed by atoms with Crippen molar-refractivity contribution < 1.29 is 0 Å². The summed E-state index contributed by atoms with van der Waals surface area (Å²) >= 11 is 11.5. The molecule has 0 aliphatic carbocycles. The molecule has 1 atom stereocenters. The standard InChI is InChI=1S/C16H17BrClNS/c1-3-19-11(2)12-8-9-15(13(17)10-12)20-16-7-5-4-6-14(16)18/h4-11,19H,3H2,1-2H3. The molecule has 0 aliphatic rings. The minimum absolute atomic E-state index is 0.357. The van der Waals surface area contributed by atoms with Crippen LogP contribution in [-0.2, 0) is 0 Å². The Morgan fingerprint density at radius 3 is 2.60 bits per heavy atom. The lowest BCUT2D eigenvalue weighted by atomic mass is 10.1. The highest BCUT2D eigenvalue weighted by molar-refractivity contribution is 9.10. The molecule has 106 valence electrons. The second kappa shape index (κ2) is 7.51. The van der Waals surface area contributed by atoms with Crippen molar-refractivity contribution in [1.82, 2.24) is 5.32 Å². The van der Waals surface area contributed by atoms with Gasteiger partial charge in [-0.2, -0.15) is 0 Å². The predicted octanol–water partition coefficient (Wildman–Crippen LogP) is 5.92. The van der Waals surface area contributed by atoms with E-state index < -0.39 is 0 Å². The predicted molar refractivity (Wildman–Crippen MR) is 91.8 cm³/mol. The number of nitrogens with one attached hydrogen (secondary N) is 1. The first-order valence-corrected chi connectivity index (χ1v) is 8.55. The van der Waals surface area contributed by atoms with Gasteiger partial charge in [0.05, 0.1) is 5.02 Å². The molecule has 0 saturated heterocycles. The molecule has 0 radical (unpaired) electrons. The average Bonchev–Trinajstić information content (AvgIpc) is 2.43. The molecule has 1 unspecified atom stereocenters. The summed E-state index contributed by atoms with van der Waals surface area (Å²) in [6.07, 6.45) is 0. The molecular weight excluding hydrogens is 354 g/mol. The Hall–Kier alpha value is -0.480. The smallest absolute Gasteiger partial charge is 0.0545 e. The van der Waals surface area contributed by atoms with Gasteiger partial charge in [-0.15, -0.1) is 0 Å². The van der Waals surface area contributed by atoms with E-state index in [0.717, 1.165) is 20.9 Å². The third-order valence-corrected chi connectivity index (χ3v) is 5.53. The van der Waals surface area contributed by atoms with Crippen LogP contribution >= 0.6 is 39.3 Å². The molecule has 0 spiro atoms. The molecule has 0 fully saturated rings. The number of rotatable bonds is 5. The number of hydrogen-bond acceptors (Lipinski definition) is 2.